The average Bonchev–Trinajstić information content (AvgIpc) is 3.37. The maximum atomic E-state index is 14.8. The van der Waals surface area contributed by atoms with Gasteiger partial charge in [-0.05, 0) is 73.4 Å². The van der Waals surface area contributed by atoms with Gasteiger partial charge >= 0.3 is 6.18 Å². The molecule has 2 aromatic carbocycles. The summed E-state index contributed by atoms with van der Waals surface area (Å²) in [7, 11) is 1.63. The molecule has 3 unspecified atom stereocenters. The third kappa shape index (κ3) is 4.10. The number of hydrogen-bond acceptors (Lipinski definition) is 2. The van der Waals surface area contributed by atoms with Crippen molar-refractivity contribution in [2.24, 2.45) is 0 Å². The summed E-state index contributed by atoms with van der Waals surface area (Å²) in [6.07, 6.45) is -2.51. The topological polar surface area (TPSA) is 40.6 Å². The Bertz CT molecular complexity index is 1240. The van der Waals surface area contributed by atoms with Gasteiger partial charge in [0.25, 0.3) is 0 Å². The van der Waals surface area contributed by atoms with E-state index in [4.69, 9.17) is 0 Å². The summed E-state index contributed by atoms with van der Waals surface area (Å²) in [5.74, 6) is -0.607. The van der Waals surface area contributed by atoms with Crippen LogP contribution in [0.4, 0.5) is 22.0 Å². The van der Waals surface area contributed by atoms with Gasteiger partial charge in [-0.15, -0.1) is 0 Å². The molecule has 0 bridgehead atoms. The minimum absolute atomic E-state index is 0.0796. The van der Waals surface area contributed by atoms with Crippen molar-refractivity contribution in [1.82, 2.24) is 9.80 Å². The van der Waals surface area contributed by atoms with E-state index in [1.54, 1.807) is 25.2 Å². The standard InChI is InChI=1S/C28H29F5N2O2/c1-26(30,28(31,32)33)19-7-8-21-18(15-19)6-10-23-27(21,16-17-4-3-5-20(29)14-17)12-13-35(23)25(37)22-9-11-24(36)34(22)2/h3-5,7-8,14-15,22-23H,6,9-13,16H2,1-2H3/t22-,23?,26?,27?/m0/s1. The van der Waals surface area contributed by atoms with Crippen molar-refractivity contribution < 1.29 is 31.5 Å². The first-order chi connectivity index (χ1) is 17.3. The second-order valence-electron chi connectivity index (χ2n) is 10.7. The van der Waals surface area contributed by atoms with Crippen LogP contribution in [0.1, 0.15) is 54.9 Å². The van der Waals surface area contributed by atoms with E-state index in [-0.39, 0.29) is 17.9 Å². The molecule has 2 amide bonds. The third-order valence-electron chi connectivity index (χ3n) is 8.69. The second kappa shape index (κ2) is 8.81. The average molecular weight is 521 g/mol. The molecule has 5 rings (SSSR count). The monoisotopic (exact) mass is 520 g/mol. The van der Waals surface area contributed by atoms with Crippen LogP contribution in [0.2, 0.25) is 0 Å². The Labute approximate surface area is 212 Å². The van der Waals surface area contributed by atoms with Gasteiger partial charge in [-0.1, -0.05) is 30.3 Å². The Morgan fingerprint density at radius 1 is 1.08 bits per heavy atom. The normalized spacial score (nSPS) is 27.2. The molecule has 0 N–H and O–H groups in total. The van der Waals surface area contributed by atoms with Gasteiger partial charge in [-0.2, -0.15) is 13.2 Å². The van der Waals surface area contributed by atoms with Crippen molar-refractivity contribution in [3.05, 3.63) is 70.5 Å². The molecule has 9 heteroatoms. The first-order valence-electron chi connectivity index (χ1n) is 12.6. The van der Waals surface area contributed by atoms with Crippen molar-refractivity contribution in [3.63, 3.8) is 0 Å². The van der Waals surface area contributed by atoms with Crippen LogP contribution in [0, 0.1) is 5.82 Å². The first kappa shape index (κ1) is 25.7. The predicted molar refractivity (Wildman–Crippen MR) is 127 cm³/mol. The summed E-state index contributed by atoms with van der Waals surface area (Å²) in [5, 5.41) is 0. The van der Waals surface area contributed by atoms with Gasteiger partial charge in [-0.3, -0.25) is 9.59 Å². The molecular formula is C28H29F5N2O2. The minimum Gasteiger partial charge on any atom is -0.337 e. The van der Waals surface area contributed by atoms with Gasteiger partial charge in [0.05, 0.1) is 0 Å². The molecule has 2 saturated heterocycles. The van der Waals surface area contributed by atoms with E-state index in [1.807, 2.05) is 4.90 Å². The van der Waals surface area contributed by atoms with Crippen molar-refractivity contribution in [2.45, 2.75) is 74.8 Å². The number of carbonyl (C=O) groups is 2. The molecule has 0 spiro atoms. The van der Waals surface area contributed by atoms with Gasteiger partial charge in [0, 0.05) is 31.5 Å². The number of likely N-dealkylation sites (tertiary alicyclic amines) is 2. The number of amides is 2. The Morgan fingerprint density at radius 3 is 2.49 bits per heavy atom. The highest BCUT2D eigenvalue weighted by Crippen LogP contribution is 2.51. The van der Waals surface area contributed by atoms with E-state index in [0.29, 0.717) is 57.6 Å². The lowest BCUT2D eigenvalue weighted by molar-refractivity contribution is -0.228. The summed E-state index contributed by atoms with van der Waals surface area (Å²) < 4.78 is 69.2. The Hall–Kier alpha value is -2.97. The highest BCUT2D eigenvalue weighted by Gasteiger charge is 2.56. The van der Waals surface area contributed by atoms with Crippen LogP contribution in [0.3, 0.4) is 0 Å². The van der Waals surface area contributed by atoms with E-state index < -0.39 is 34.7 Å². The zero-order valence-corrected chi connectivity index (χ0v) is 20.7. The van der Waals surface area contributed by atoms with Gasteiger partial charge in [0.2, 0.25) is 17.5 Å². The van der Waals surface area contributed by atoms with Gasteiger partial charge in [0.15, 0.2) is 0 Å². The Balaban J connectivity index is 1.56. The van der Waals surface area contributed by atoms with E-state index in [9.17, 15) is 31.5 Å². The lowest BCUT2D eigenvalue weighted by atomic mass is 9.63. The smallest absolute Gasteiger partial charge is 0.337 e. The fourth-order valence-electron chi connectivity index (χ4n) is 6.58. The number of rotatable bonds is 4. The van der Waals surface area contributed by atoms with Crippen molar-refractivity contribution >= 4 is 11.8 Å². The van der Waals surface area contributed by atoms with Gasteiger partial charge < -0.3 is 9.80 Å². The number of aryl methyl sites for hydroxylation is 1. The Morgan fingerprint density at radius 2 is 1.84 bits per heavy atom. The highest BCUT2D eigenvalue weighted by molar-refractivity contribution is 5.91. The summed E-state index contributed by atoms with van der Waals surface area (Å²) in [6, 6.07) is 9.44. The largest absolute Gasteiger partial charge is 0.426 e. The van der Waals surface area contributed by atoms with Gasteiger partial charge in [0.1, 0.15) is 11.9 Å². The van der Waals surface area contributed by atoms with Crippen LogP contribution in [0.25, 0.3) is 0 Å². The molecule has 0 radical (unpaired) electrons. The summed E-state index contributed by atoms with van der Waals surface area (Å²) in [6.45, 7) is 0.945. The number of carbonyl (C=O) groups excluding carboxylic acids is 2. The molecule has 0 saturated carbocycles. The minimum atomic E-state index is -5.06. The molecule has 3 aliphatic rings. The van der Waals surface area contributed by atoms with Crippen LogP contribution in [0.5, 0.6) is 0 Å². The number of benzene rings is 2. The molecule has 4 nitrogen and oxygen atoms in total. The molecule has 4 atom stereocenters. The maximum Gasteiger partial charge on any atom is 0.426 e. The number of hydrogen-bond donors (Lipinski definition) is 0. The van der Waals surface area contributed by atoms with Gasteiger partial charge in [-0.25, -0.2) is 8.78 Å². The molecule has 37 heavy (non-hydrogen) atoms. The number of likely N-dealkylation sites (N-methyl/N-ethyl adjacent to an activating group) is 1. The van der Waals surface area contributed by atoms with Crippen LogP contribution in [-0.2, 0) is 33.5 Å². The van der Waals surface area contributed by atoms with Crippen LogP contribution < -0.4 is 0 Å². The number of halogens is 5. The second-order valence-corrected chi connectivity index (χ2v) is 10.7. The molecule has 198 valence electrons. The predicted octanol–water partition coefficient (Wildman–Crippen LogP) is 5.22. The zero-order valence-electron chi connectivity index (χ0n) is 20.7. The molecule has 0 aromatic heterocycles. The van der Waals surface area contributed by atoms with E-state index in [2.05, 4.69) is 0 Å². The van der Waals surface area contributed by atoms with E-state index >= 15 is 0 Å². The van der Waals surface area contributed by atoms with Crippen molar-refractivity contribution in [2.75, 3.05) is 13.6 Å². The first-order valence-corrected chi connectivity index (χ1v) is 12.6. The lowest BCUT2D eigenvalue weighted by Gasteiger charge is -2.44. The highest BCUT2D eigenvalue weighted by atomic mass is 19.4. The van der Waals surface area contributed by atoms with Crippen LogP contribution >= 0.6 is 0 Å². The molecule has 2 heterocycles. The number of fused-ring (bicyclic) bond motifs is 3. The maximum absolute atomic E-state index is 14.8. The molecule has 2 fully saturated rings. The van der Waals surface area contributed by atoms with E-state index in [0.717, 1.165) is 11.1 Å². The number of alkyl halides is 4. The fourth-order valence-corrected chi connectivity index (χ4v) is 6.58. The molecule has 2 aromatic rings. The number of nitrogens with zero attached hydrogens (tertiary/aromatic N) is 2. The Kier molecular flexibility index (Phi) is 6.11. The third-order valence-corrected chi connectivity index (χ3v) is 8.69. The fraction of sp³-hybridized carbons (Fsp3) is 0.500. The lowest BCUT2D eigenvalue weighted by Crippen LogP contribution is -2.53. The van der Waals surface area contributed by atoms with Crippen molar-refractivity contribution in [1.29, 1.82) is 0 Å². The quantitative estimate of drug-likeness (QED) is 0.519. The van der Waals surface area contributed by atoms with Crippen LogP contribution in [-0.4, -0.2) is 53.5 Å². The summed E-state index contributed by atoms with van der Waals surface area (Å²) in [5.41, 5.74) is -2.49. The summed E-state index contributed by atoms with van der Waals surface area (Å²) >= 11 is 0. The summed E-state index contributed by atoms with van der Waals surface area (Å²) in [4.78, 5) is 29.0. The molecule has 1 aliphatic carbocycles. The molecular weight excluding hydrogens is 491 g/mol. The van der Waals surface area contributed by atoms with E-state index in [1.165, 1.54) is 29.2 Å². The zero-order chi connectivity index (χ0) is 26.8. The van der Waals surface area contributed by atoms with Crippen molar-refractivity contribution in [3.8, 4) is 0 Å². The molecule has 2 aliphatic heterocycles. The van der Waals surface area contributed by atoms with Crippen LogP contribution in [0.15, 0.2) is 42.5 Å². The SMILES string of the molecule is CN1C(=O)CC[C@H]1C(=O)N1CCC2(Cc3cccc(F)c3)c3ccc(C(C)(F)C(F)(F)F)cc3CCC12.